The molecule has 74 valence electrons. The van der Waals surface area contributed by atoms with Gasteiger partial charge >= 0.3 is 0 Å². The summed E-state index contributed by atoms with van der Waals surface area (Å²) in [7, 11) is 0. The number of alkyl halides is 5. The van der Waals surface area contributed by atoms with Crippen molar-refractivity contribution in [3.8, 4) is 0 Å². The predicted octanol–water partition coefficient (Wildman–Crippen LogP) is 3.42. The predicted molar refractivity (Wildman–Crippen MR) is 35.4 cm³/mol. The van der Waals surface area contributed by atoms with E-state index in [1.54, 1.807) is 0 Å². The molecule has 0 saturated heterocycles. The smallest absolute Gasteiger partial charge is 0.244 e. The van der Waals surface area contributed by atoms with Crippen LogP contribution in [-0.2, 0) is 0 Å². The lowest BCUT2D eigenvalue weighted by atomic mass is 10.1. The third-order valence-corrected chi connectivity index (χ3v) is 1.57. The zero-order valence-corrected chi connectivity index (χ0v) is 6.72. The zero-order valence-electron chi connectivity index (χ0n) is 6.72. The van der Waals surface area contributed by atoms with Crippen LogP contribution in [0.4, 0.5) is 22.0 Å². The molecule has 0 spiro atoms. The maximum atomic E-state index is 12.4. The number of hydrogen-bond acceptors (Lipinski definition) is 0. The fraction of sp³-hybridized carbons (Fsp3) is 1.00. The first kappa shape index (κ1) is 11.6. The largest absolute Gasteiger partial charge is 0.276 e. The van der Waals surface area contributed by atoms with Gasteiger partial charge in [0.05, 0.1) is 0 Å². The zero-order chi connectivity index (χ0) is 9.83. The number of rotatable bonds is 5. The lowest BCUT2D eigenvalue weighted by Gasteiger charge is -2.17. The molecule has 5 heteroatoms. The van der Waals surface area contributed by atoms with Gasteiger partial charge in [0.2, 0.25) is 5.92 Å². The summed E-state index contributed by atoms with van der Waals surface area (Å²) in [5.74, 6) is -6.70. The van der Waals surface area contributed by atoms with Gasteiger partial charge in [-0.05, 0) is 0 Å². The molecule has 0 aliphatic heterocycles. The van der Waals surface area contributed by atoms with Crippen molar-refractivity contribution < 1.29 is 22.0 Å². The Bertz CT molecular complexity index is 116. The Hall–Kier alpha value is -0.350. The van der Waals surface area contributed by atoms with E-state index in [-0.39, 0.29) is 0 Å². The maximum Gasteiger partial charge on any atom is 0.276 e. The molecule has 0 heterocycles. The Morgan fingerprint density at radius 2 is 1.33 bits per heavy atom. The average Bonchev–Trinajstić information content (AvgIpc) is 2.02. The van der Waals surface area contributed by atoms with E-state index in [4.69, 9.17) is 0 Å². The van der Waals surface area contributed by atoms with Crippen molar-refractivity contribution in [3.05, 3.63) is 0 Å². The van der Waals surface area contributed by atoms with E-state index in [0.717, 1.165) is 0 Å². The lowest BCUT2D eigenvalue weighted by Crippen LogP contribution is -2.24. The Balaban J connectivity index is 3.82. The molecule has 0 aliphatic carbocycles. The van der Waals surface area contributed by atoms with Crippen LogP contribution in [0, 0.1) is 0 Å². The molecule has 0 aromatic heterocycles. The second-order valence-electron chi connectivity index (χ2n) is 2.70. The Kier molecular flexibility index (Phi) is 3.93. The van der Waals surface area contributed by atoms with Crippen molar-refractivity contribution in [2.75, 3.05) is 6.67 Å². The molecule has 0 aliphatic rings. The standard InChI is InChI=1S/C7H11F5/c1-2-6(9,10)3-4-7(11,12)5-8/h2-5H2,1H3. The molecular weight excluding hydrogens is 179 g/mol. The molecular formula is C7H11F5. The molecule has 0 bridgehead atoms. The van der Waals surface area contributed by atoms with E-state index >= 15 is 0 Å². The topological polar surface area (TPSA) is 0 Å². The van der Waals surface area contributed by atoms with Gasteiger partial charge in [-0.3, -0.25) is 0 Å². The minimum Gasteiger partial charge on any atom is -0.244 e. The first-order chi connectivity index (χ1) is 5.33. The molecule has 0 atom stereocenters. The van der Waals surface area contributed by atoms with Gasteiger partial charge in [0, 0.05) is 19.3 Å². The Morgan fingerprint density at radius 3 is 1.67 bits per heavy atom. The summed E-state index contributed by atoms with van der Waals surface area (Å²) >= 11 is 0. The first-order valence-corrected chi connectivity index (χ1v) is 3.64. The van der Waals surface area contributed by atoms with Gasteiger partial charge in [0.15, 0.2) is 6.67 Å². The van der Waals surface area contributed by atoms with E-state index < -0.39 is 37.8 Å². The second-order valence-corrected chi connectivity index (χ2v) is 2.70. The molecule has 0 aromatic rings. The summed E-state index contributed by atoms with van der Waals surface area (Å²) < 4.78 is 60.4. The van der Waals surface area contributed by atoms with Crippen LogP contribution in [-0.4, -0.2) is 18.5 Å². The molecule has 0 N–H and O–H groups in total. The summed E-state index contributed by atoms with van der Waals surface area (Å²) in [5, 5.41) is 0. The molecule has 0 nitrogen and oxygen atoms in total. The van der Waals surface area contributed by atoms with E-state index in [1.807, 2.05) is 0 Å². The van der Waals surface area contributed by atoms with Crippen molar-refractivity contribution in [3.63, 3.8) is 0 Å². The Morgan fingerprint density at radius 1 is 0.917 bits per heavy atom. The van der Waals surface area contributed by atoms with E-state index in [2.05, 4.69) is 0 Å². The van der Waals surface area contributed by atoms with E-state index in [0.29, 0.717) is 0 Å². The number of halogens is 5. The summed E-state index contributed by atoms with van der Waals surface area (Å²) in [6, 6.07) is 0. The van der Waals surface area contributed by atoms with Gasteiger partial charge in [-0.1, -0.05) is 6.92 Å². The summed E-state index contributed by atoms with van der Waals surface area (Å²) in [5.41, 5.74) is 0. The molecule has 0 rings (SSSR count). The lowest BCUT2D eigenvalue weighted by molar-refractivity contribution is -0.0741. The molecule has 12 heavy (non-hydrogen) atoms. The highest BCUT2D eigenvalue weighted by Crippen LogP contribution is 2.30. The molecule has 0 fully saturated rings. The van der Waals surface area contributed by atoms with Gasteiger partial charge < -0.3 is 0 Å². The Labute approximate surface area is 67.8 Å². The summed E-state index contributed by atoms with van der Waals surface area (Å²) in [6.45, 7) is -0.666. The van der Waals surface area contributed by atoms with Crippen LogP contribution in [0.25, 0.3) is 0 Å². The average molecular weight is 190 g/mol. The van der Waals surface area contributed by atoms with Gasteiger partial charge in [-0.2, -0.15) is 0 Å². The SMILES string of the molecule is CCC(F)(F)CCC(F)(F)CF. The van der Waals surface area contributed by atoms with Gasteiger partial charge in [0.1, 0.15) is 0 Å². The monoisotopic (exact) mass is 190 g/mol. The van der Waals surface area contributed by atoms with Gasteiger partial charge in [0.25, 0.3) is 5.92 Å². The fourth-order valence-corrected chi connectivity index (χ4v) is 0.609. The van der Waals surface area contributed by atoms with Gasteiger partial charge in [-0.25, -0.2) is 22.0 Å². The highest BCUT2D eigenvalue weighted by Gasteiger charge is 2.35. The molecule has 0 saturated carbocycles. The maximum absolute atomic E-state index is 12.4. The van der Waals surface area contributed by atoms with Crippen LogP contribution in [0.5, 0.6) is 0 Å². The van der Waals surface area contributed by atoms with E-state index in [1.165, 1.54) is 6.92 Å². The van der Waals surface area contributed by atoms with E-state index in [9.17, 15) is 22.0 Å². The van der Waals surface area contributed by atoms with Crippen LogP contribution in [0.15, 0.2) is 0 Å². The van der Waals surface area contributed by atoms with Crippen LogP contribution >= 0.6 is 0 Å². The van der Waals surface area contributed by atoms with Crippen molar-refractivity contribution in [2.45, 2.75) is 38.0 Å². The quantitative estimate of drug-likeness (QED) is 0.582. The normalized spacial score (nSPS) is 13.5. The highest BCUT2D eigenvalue weighted by molar-refractivity contribution is 4.71. The van der Waals surface area contributed by atoms with Crippen molar-refractivity contribution in [1.82, 2.24) is 0 Å². The fourth-order valence-electron chi connectivity index (χ4n) is 0.609. The van der Waals surface area contributed by atoms with Gasteiger partial charge in [-0.15, -0.1) is 0 Å². The minimum absolute atomic E-state index is 0.491. The third-order valence-electron chi connectivity index (χ3n) is 1.57. The summed E-state index contributed by atoms with van der Waals surface area (Å²) in [4.78, 5) is 0. The molecule has 0 amide bonds. The molecule has 0 radical (unpaired) electrons. The summed E-state index contributed by atoms with van der Waals surface area (Å²) in [6.07, 6.45) is -2.54. The van der Waals surface area contributed by atoms with Crippen LogP contribution in [0.3, 0.4) is 0 Å². The van der Waals surface area contributed by atoms with Crippen molar-refractivity contribution in [2.24, 2.45) is 0 Å². The van der Waals surface area contributed by atoms with Crippen LogP contribution in [0.2, 0.25) is 0 Å². The van der Waals surface area contributed by atoms with Crippen molar-refractivity contribution in [1.29, 1.82) is 0 Å². The van der Waals surface area contributed by atoms with Crippen LogP contribution in [0.1, 0.15) is 26.2 Å². The molecule has 0 aromatic carbocycles. The molecule has 0 unspecified atom stereocenters. The highest BCUT2D eigenvalue weighted by atomic mass is 19.3. The van der Waals surface area contributed by atoms with Crippen LogP contribution < -0.4 is 0 Å². The minimum atomic E-state index is -3.60. The van der Waals surface area contributed by atoms with Crippen molar-refractivity contribution >= 4 is 0 Å². The third kappa shape index (κ3) is 4.51. The first-order valence-electron chi connectivity index (χ1n) is 3.64. The second kappa shape index (κ2) is 4.05. The number of hydrogen-bond donors (Lipinski definition) is 0.